The topological polar surface area (TPSA) is 41.1 Å². The van der Waals surface area contributed by atoms with Gasteiger partial charge in [-0.3, -0.25) is 4.79 Å². The van der Waals surface area contributed by atoms with Crippen molar-refractivity contribution in [1.82, 2.24) is 10.6 Å². The molecule has 1 fully saturated rings. The van der Waals surface area contributed by atoms with Crippen molar-refractivity contribution in [3.63, 3.8) is 0 Å². The number of halogens is 3. The molecule has 19 heavy (non-hydrogen) atoms. The van der Waals surface area contributed by atoms with Gasteiger partial charge in [-0.1, -0.05) is 36.2 Å². The third kappa shape index (κ3) is 3.99. The first-order chi connectivity index (χ1) is 8.59. The minimum absolute atomic E-state index is 0. The van der Waals surface area contributed by atoms with Crippen LogP contribution >= 0.6 is 35.6 Å². The average molecular weight is 324 g/mol. The second kappa shape index (κ2) is 7.34. The van der Waals surface area contributed by atoms with Crippen molar-refractivity contribution < 1.29 is 4.79 Å². The summed E-state index contributed by atoms with van der Waals surface area (Å²) in [5, 5.41) is 7.10. The van der Waals surface area contributed by atoms with Gasteiger partial charge in [-0.15, -0.1) is 12.4 Å². The smallest absolute Gasteiger partial charge is 0.254 e. The molecule has 1 aliphatic heterocycles. The van der Waals surface area contributed by atoms with E-state index in [4.69, 9.17) is 23.2 Å². The Labute approximate surface area is 129 Å². The number of hydrogen-bond acceptors (Lipinski definition) is 2. The van der Waals surface area contributed by atoms with Crippen molar-refractivity contribution >= 4 is 41.5 Å². The van der Waals surface area contributed by atoms with Crippen molar-refractivity contribution in [1.29, 1.82) is 0 Å². The molecule has 1 heterocycles. The summed E-state index contributed by atoms with van der Waals surface area (Å²) in [6.07, 6.45) is 0.926. The number of carbonyl (C=O) groups is 1. The van der Waals surface area contributed by atoms with Gasteiger partial charge in [0.15, 0.2) is 0 Å². The summed E-state index contributed by atoms with van der Waals surface area (Å²) in [5.41, 5.74) is 0.367. The van der Waals surface area contributed by atoms with E-state index in [1.165, 1.54) is 0 Å². The lowest BCUT2D eigenvalue weighted by Gasteiger charge is -2.30. The number of hydrogen-bond donors (Lipinski definition) is 2. The van der Waals surface area contributed by atoms with Gasteiger partial charge in [-0.05, 0) is 37.6 Å². The van der Waals surface area contributed by atoms with Gasteiger partial charge in [0.05, 0.1) is 15.6 Å². The summed E-state index contributed by atoms with van der Waals surface area (Å²) in [7, 11) is 0. The molecule has 0 aromatic heterocycles. The molecule has 1 amide bonds. The van der Waals surface area contributed by atoms with Crippen LogP contribution in [0.2, 0.25) is 10.0 Å². The minimum Gasteiger partial charge on any atom is -0.349 e. The molecule has 0 aliphatic carbocycles. The summed E-state index contributed by atoms with van der Waals surface area (Å²) in [5.74, 6) is 0.216. The second-order valence-corrected chi connectivity index (χ2v) is 5.46. The van der Waals surface area contributed by atoms with E-state index in [1.54, 1.807) is 18.2 Å². The SMILES string of the molecule is CC1CNCCC1NC(=O)c1c(Cl)cccc1Cl.Cl. The van der Waals surface area contributed by atoms with Crippen LogP contribution in [0.5, 0.6) is 0 Å². The Hall–Kier alpha value is -0.480. The third-order valence-corrected chi connectivity index (χ3v) is 3.92. The van der Waals surface area contributed by atoms with Crippen molar-refractivity contribution in [2.24, 2.45) is 5.92 Å². The summed E-state index contributed by atoms with van der Waals surface area (Å²) in [4.78, 5) is 12.2. The maximum Gasteiger partial charge on any atom is 0.254 e. The van der Waals surface area contributed by atoms with Crippen molar-refractivity contribution in [3.8, 4) is 0 Å². The first-order valence-corrected chi connectivity index (χ1v) is 6.80. The van der Waals surface area contributed by atoms with Crippen LogP contribution in [0.3, 0.4) is 0 Å². The molecule has 1 aliphatic rings. The highest BCUT2D eigenvalue weighted by Gasteiger charge is 2.24. The lowest BCUT2D eigenvalue weighted by molar-refractivity contribution is 0.0914. The quantitative estimate of drug-likeness (QED) is 0.878. The van der Waals surface area contributed by atoms with E-state index in [2.05, 4.69) is 17.6 Å². The van der Waals surface area contributed by atoms with Crippen LogP contribution < -0.4 is 10.6 Å². The summed E-state index contributed by atoms with van der Waals surface area (Å²) >= 11 is 12.0. The Balaban J connectivity index is 0.00000180. The second-order valence-electron chi connectivity index (χ2n) is 4.65. The predicted octanol–water partition coefficient (Wildman–Crippen LogP) is 3.14. The molecule has 1 saturated heterocycles. The molecule has 0 radical (unpaired) electrons. The Morgan fingerprint density at radius 3 is 2.58 bits per heavy atom. The number of nitrogens with one attached hydrogen (secondary N) is 2. The fourth-order valence-electron chi connectivity index (χ4n) is 2.18. The Kier molecular flexibility index (Phi) is 6.40. The molecule has 0 bridgehead atoms. The van der Waals surface area contributed by atoms with Crippen molar-refractivity contribution in [2.75, 3.05) is 13.1 Å². The Morgan fingerprint density at radius 1 is 1.37 bits per heavy atom. The van der Waals surface area contributed by atoms with E-state index in [0.29, 0.717) is 21.5 Å². The molecule has 2 atom stereocenters. The van der Waals surface area contributed by atoms with Gasteiger partial charge in [0, 0.05) is 6.04 Å². The number of carbonyl (C=O) groups excluding carboxylic acids is 1. The first-order valence-electron chi connectivity index (χ1n) is 6.05. The maximum absolute atomic E-state index is 12.2. The molecular weight excluding hydrogens is 307 g/mol. The van der Waals surface area contributed by atoms with Crippen LogP contribution in [0.25, 0.3) is 0 Å². The minimum atomic E-state index is -0.190. The number of benzene rings is 1. The van der Waals surface area contributed by atoms with Gasteiger partial charge < -0.3 is 10.6 Å². The predicted molar refractivity (Wildman–Crippen MR) is 81.6 cm³/mol. The Bertz CT molecular complexity index is 433. The van der Waals surface area contributed by atoms with Crippen LogP contribution in [0.1, 0.15) is 23.7 Å². The van der Waals surface area contributed by atoms with E-state index < -0.39 is 0 Å². The van der Waals surface area contributed by atoms with Crippen LogP contribution in [0.15, 0.2) is 18.2 Å². The van der Waals surface area contributed by atoms with Gasteiger partial charge in [0.1, 0.15) is 0 Å². The number of piperidine rings is 1. The molecule has 2 N–H and O–H groups in total. The molecule has 0 saturated carbocycles. The molecule has 0 spiro atoms. The van der Waals surface area contributed by atoms with E-state index >= 15 is 0 Å². The Morgan fingerprint density at radius 2 is 2.00 bits per heavy atom. The van der Waals surface area contributed by atoms with Crippen molar-refractivity contribution in [3.05, 3.63) is 33.8 Å². The van der Waals surface area contributed by atoms with Gasteiger partial charge in [0.25, 0.3) is 5.91 Å². The highest BCUT2D eigenvalue weighted by Crippen LogP contribution is 2.24. The van der Waals surface area contributed by atoms with Gasteiger partial charge in [-0.2, -0.15) is 0 Å². The monoisotopic (exact) mass is 322 g/mol. The fraction of sp³-hybridized carbons (Fsp3) is 0.462. The van der Waals surface area contributed by atoms with E-state index in [9.17, 15) is 4.79 Å². The zero-order valence-corrected chi connectivity index (χ0v) is 12.9. The zero-order chi connectivity index (χ0) is 13.1. The van der Waals surface area contributed by atoms with Gasteiger partial charge in [-0.25, -0.2) is 0 Å². The third-order valence-electron chi connectivity index (χ3n) is 3.29. The molecule has 1 aromatic carbocycles. The molecule has 3 nitrogen and oxygen atoms in total. The summed E-state index contributed by atoms with van der Waals surface area (Å²) < 4.78 is 0. The first kappa shape index (κ1) is 16.6. The number of rotatable bonds is 2. The summed E-state index contributed by atoms with van der Waals surface area (Å²) in [6, 6.07) is 5.25. The number of amides is 1. The molecule has 6 heteroatoms. The molecular formula is C13H17Cl3N2O. The highest BCUT2D eigenvalue weighted by molar-refractivity contribution is 6.39. The van der Waals surface area contributed by atoms with Gasteiger partial charge >= 0.3 is 0 Å². The standard InChI is InChI=1S/C13H16Cl2N2O.ClH/c1-8-7-16-6-5-11(8)17-13(18)12-9(14)3-2-4-10(12)15;/h2-4,8,11,16H,5-7H2,1H3,(H,17,18);1H. The molecule has 2 unspecified atom stereocenters. The normalized spacial score (nSPS) is 22.5. The lowest BCUT2D eigenvalue weighted by atomic mass is 9.95. The van der Waals surface area contributed by atoms with E-state index in [0.717, 1.165) is 19.5 Å². The largest absolute Gasteiger partial charge is 0.349 e. The van der Waals surface area contributed by atoms with Gasteiger partial charge in [0.2, 0.25) is 0 Å². The van der Waals surface area contributed by atoms with Crippen molar-refractivity contribution in [2.45, 2.75) is 19.4 Å². The molecule has 1 aromatic rings. The molecule has 106 valence electrons. The van der Waals surface area contributed by atoms with Crippen LogP contribution in [0.4, 0.5) is 0 Å². The van der Waals surface area contributed by atoms with Crippen LogP contribution in [-0.4, -0.2) is 25.0 Å². The zero-order valence-electron chi connectivity index (χ0n) is 10.6. The van der Waals surface area contributed by atoms with Crippen LogP contribution in [-0.2, 0) is 0 Å². The highest BCUT2D eigenvalue weighted by atomic mass is 35.5. The average Bonchev–Trinajstić information content (AvgIpc) is 2.32. The molecule has 2 rings (SSSR count). The maximum atomic E-state index is 12.2. The van der Waals surface area contributed by atoms with E-state index in [1.807, 2.05) is 0 Å². The fourth-order valence-corrected chi connectivity index (χ4v) is 2.75. The van der Waals surface area contributed by atoms with E-state index in [-0.39, 0.29) is 24.4 Å². The van der Waals surface area contributed by atoms with Crippen LogP contribution in [0, 0.1) is 5.92 Å². The summed E-state index contributed by atoms with van der Waals surface area (Å²) in [6.45, 7) is 3.96. The lowest BCUT2D eigenvalue weighted by Crippen LogP contribution is -2.48.